The number of carbonyl (C=O) groups is 1. The lowest BCUT2D eigenvalue weighted by Crippen LogP contribution is -3.08. The summed E-state index contributed by atoms with van der Waals surface area (Å²) < 4.78 is 6.34. The molecule has 3 rings (SSSR count). The van der Waals surface area contributed by atoms with E-state index >= 15 is 0 Å². The maximum absolute atomic E-state index is 12.2. The summed E-state index contributed by atoms with van der Waals surface area (Å²) in [5, 5.41) is 3.95. The minimum Gasteiger partial charge on any atom is -0.497 e. The number of hydrogen-bond acceptors (Lipinski definition) is 4. The fourth-order valence-electron chi connectivity index (χ4n) is 2.50. The minimum atomic E-state index is -0.0261. The first-order valence-corrected chi connectivity index (χ1v) is 8.55. The first-order valence-electron chi connectivity index (χ1n) is 7.73. The van der Waals surface area contributed by atoms with Crippen LogP contribution in [0.25, 0.3) is 10.2 Å². The monoisotopic (exact) mass is 342 g/mol. The molecule has 0 fully saturated rings. The fourth-order valence-corrected chi connectivity index (χ4v) is 3.58. The van der Waals surface area contributed by atoms with Gasteiger partial charge in [-0.05, 0) is 24.3 Å². The molecule has 0 aliphatic heterocycles. The van der Waals surface area contributed by atoms with Crippen molar-refractivity contribution in [1.82, 2.24) is 4.98 Å². The first kappa shape index (κ1) is 16.4. The first-order chi connectivity index (χ1) is 11.6. The zero-order valence-electron chi connectivity index (χ0n) is 13.7. The SMILES string of the molecule is COc1cccc(NC(=O)C[NH+](C)Cc2nc3ccccc3s2)c1. The van der Waals surface area contributed by atoms with Gasteiger partial charge in [0.1, 0.15) is 17.3 Å². The van der Waals surface area contributed by atoms with Crippen molar-refractivity contribution >= 4 is 33.1 Å². The van der Waals surface area contributed by atoms with Gasteiger partial charge in [-0.1, -0.05) is 18.2 Å². The summed E-state index contributed by atoms with van der Waals surface area (Å²) in [7, 11) is 3.61. The number of nitrogens with one attached hydrogen (secondary N) is 2. The number of anilines is 1. The Morgan fingerprint density at radius 3 is 2.88 bits per heavy atom. The van der Waals surface area contributed by atoms with Gasteiger partial charge >= 0.3 is 0 Å². The van der Waals surface area contributed by atoms with Crippen molar-refractivity contribution < 1.29 is 14.4 Å². The van der Waals surface area contributed by atoms with Crippen molar-refractivity contribution in [2.75, 3.05) is 26.0 Å². The quantitative estimate of drug-likeness (QED) is 0.720. The highest BCUT2D eigenvalue weighted by atomic mass is 32.1. The summed E-state index contributed by atoms with van der Waals surface area (Å²) in [5.41, 5.74) is 1.76. The normalized spacial score (nSPS) is 12.1. The van der Waals surface area contributed by atoms with Crippen LogP contribution in [0.4, 0.5) is 5.69 Å². The van der Waals surface area contributed by atoms with Crippen molar-refractivity contribution in [3.63, 3.8) is 0 Å². The van der Waals surface area contributed by atoms with Crippen LogP contribution in [0, 0.1) is 0 Å². The van der Waals surface area contributed by atoms with E-state index < -0.39 is 0 Å². The number of hydrogen-bond donors (Lipinski definition) is 2. The molecule has 2 aromatic carbocycles. The summed E-state index contributed by atoms with van der Waals surface area (Å²) in [6, 6.07) is 15.4. The number of rotatable bonds is 6. The van der Waals surface area contributed by atoms with E-state index in [1.54, 1.807) is 24.5 Å². The Kier molecular flexibility index (Phi) is 5.08. The van der Waals surface area contributed by atoms with E-state index in [2.05, 4.69) is 16.4 Å². The maximum atomic E-state index is 12.2. The highest BCUT2D eigenvalue weighted by Gasteiger charge is 2.13. The highest BCUT2D eigenvalue weighted by Crippen LogP contribution is 2.20. The molecule has 0 radical (unpaired) electrons. The van der Waals surface area contributed by atoms with E-state index in [9.17, 15) is 4.79 Å². The third kappa shape index (κ3) is 4.10. The molecule has 5 nitrogen and oxygen atoms in total. The topological polar surface area (TPSA) is 55.7 Å². The highest BCUT2D eigenvalue weighted by molar-refractivity contribution is 7.18. The Bertz CT molecular complexity index is 814. The summed E-state index contributed by atoms with van der Waals surface area (Å²) in [4.78, 5) is 17.9. The number of quaternary nitrogens is 1. The molecule has 0 bridgehead atoms. The second-order valence-electron chi connectivity index (χ2n) is 5.67. The van der Waals surface area contributed by atoms with Gasteiger partial charge in [0, 0.05) is 11.8 Å². The van der Waals surface area contributed by atoms with E-state index in [4.69, 9.17) is 4.74 Å². The number of thiazole rings is 1. The Labute approximate surface area is 144 Å². The molecule has 0 spiro atoms. The number of benzene rings is 2. The summed E-state index contributed by atoms with van der Waals surface area (Å²) >= 11 is 1.68. The largest absolute Gasteiger partial charge is 0.497 e. The Morgan fingerprint density at radius 1 is 1.25 bits per heavy atom. The smallest absolute Gasteiger partial charge is 0.279 e. The fraction of sp³-hybridized carbons (Fsp3) is 0.222. The third-order valence-electron chi connectivity index (χ3n) is 3.61. The molecule has 1 amide bonds. The third-order valence-corrected chi connectivity index (χ3v) is 4.64. The van der Waals surface area contributed by atoms with Crippen LogP contribution in [0.5, 0.6) is 5.75 Å². The molecule has 124 valence electrons. The minimum absolute atomic E-state index is 0.0261. The van der Waals surface area contributed by atoms with E-state index in [0.717, 1.165) is 33.4 Å². The second kappa shape index (κ2) is 7.42. The van der Waals surface area contributed by atoms with Crippen LogP contribution in [0.1, 0.15) is 5.01 Å². The molecular formula is C18H20N3O2S+. The van der Waals surface area contributed by atoms with Crippen LogP contribution in [0.3, 0.4) is 0 Å². The van der Waals surface area contributed by atoms with Gasteiger partial charge in [0.2, 0.25) is 0 Å². The van der Waals surface area contributed by atoms with Crippen LogP contribution in [0.2, 0.25) is 0 Å². The molecule has 0 aliphatic carbocycles. The zero-order valence-corrected chi connectivity index (χ0v) is 14.5. The number of nitrogens with zero attached hydrogens (tertiary/aromatic N) is 1. The molecule has 1 aromatic heterocycles. The Morgan fingerprint density at radius 2 is 2.08 bits per heavy atom. The number of fused-ring (bicyclic) bond motifs is 1. The van der Waals surface area contributed by atoms with Crippen molar-refractivity contribution in [2.24, 2.45) is 0 Å². The summed E-state index contributed by atoms with van der Waals surface area (Å²) in [6.45, 7) is 1.11. The van der Waals surface area contributed by atoms with E-state index in [1.807, 2.05) is 43.4 Å². The lowest BCUT2D eigenvalue weighted by molar-refractivity contribution is -0.885. The molecule has 0 saturated carbocycles. The summed E-state index contributed by atoms with van der Waals surface area (Å²) in [6.07, 6.45) is 0. The van der Waals surface area contributed by atoms with Crippen LogP contribution >= 0.6 is 11.3 Å². The lowest BCUT2D eigenvalue weighted by Gasteiger charge is -2.12. The van der Waals surface area contributed by atoms with Crippen molar-refractivity contribution in [1.29, 1.82) is 0 Å². The number of aromatic nitrogens is 1. The van der Waals surface area contributed by atoms with Gasteiger partial charge in [-0.3, -0.25) is 4.79 Å². The molecule has 2 N–H and O–H groups in total. The molecule has 24 heavy (non-hydrogen) atoms. The summed E-state index contributed by atoms with van der Waals surface area (Å²) in [5.74, 6) is 0.699. The predicted molar refractivity (Wildman–Crippen MR) is 96.7 cm³/mol. The molecule has 1 heterocycles. The number of ether oxygens (including phenoxy) is 1. The number of carbonyl (C=O) groups excluding carboxylic acids is 1. The average molecular weight is 342 g/mol. The van der Waals surface area contributed by atoms with Gasteiger partial charge in [-0.2, -0.15) is 0 Å². The van der Waals surface area contributed by atoms with Crippen LogP contribution in [0.15, 0.2) is 48.5 Å². The van der Waals surface area contributed by atoms with Crippen molar-refractivity contribution in [2.45, 2.75) is 6.54 Å². The van der Waals surface area contributed by atoms with Gasteiger partial charge in [0.15, 0.2) is 6.54 Å². The van der Waals surface area contributed by atoms with Gasteiger partial charge in [0.05, 0.1) is 24.4 Å². The zero-order chi connectivity index (χ0) is 16.9. The lowest BCUT2D eigenvalue weighted by atomic mass is 10.3. The number of para-hydroxylation sites is 1. The maximum Gasteiger partial charge on any atom is 0.279 e. The van der Waals surface area contributed by atoms with E-state index in [0.29, 0.717) is 6.54 Å². The Balaban J connectivity index is 1.57. The Hall–Kier alpha value is -2.44. The predicted octanol–water partition coefficient (Wildman–Crippen LogP) is 1.96. The van der Waals surface area contributed by atoms with E-state index in [-0.39, 0.29) is 5.91 Å². The standard InChI is InChI=1S/C18H19N3O2S/c1-21(12-18-20-15-8-3-4-9-16(15)24-18)11-17(22)19-13-6-5-7-14(10-13)23-2/h3-10H,11-12H2,1-2H3,(H,19,22)/p+1. The van der Waals surface area contributed by atoms with Crippen LogP contribution in [-0.4, -0.2) is 31.6 Å². The number of methoxy groups -OCH3 is 1. The van der Waals surface area contributed by atoms with Crippen LogP contribution in [-0.2, 0) is 11.3 Å². The molecule has 3 aromatic rings. The molecule has 1 unspecified atom stereocenters. The molecular weight excluding hydrogens is 322 g/mol. The van der Waals surface area contributed by atoms with Gasteiger partial charge < -0.3 is 15.0 Å². The van der Waals surface area contributed by atoms with Crippen molar-refractivity contribution in [3.8, 4) is 5.75 Å². The van der Waals surface area contributed by atoms with Gasteiger partial charge in [0.25, 0.3) is 5.91 Å². The molecule has 0 saturated heterocycles. The second-order valence-corrected chi connectivity index (χ2v) is 6.78. The number of likely N-dealkylation sites (N-methyl/N-ethyl adjacent to an activating group) is 1. The van der Waals surface area contributed by atoms with Gasteiger partial charge in [-0.15, -0.1) is 11.3 Å². The van der Waals surface area contributed by atoms with E-state index in [1.165, 1.54) is 4.70 Å². The molecule has 0 aliphatic rings. The van der Waals surface area contributed by atoms with Gasteiger partial charge in [-0.25, -0.2) is 4.98 Å². The number of amides is 1. The molecule has 6 heteroatoms. The van der Waals surface area contributed by atoms with Crippen LogP contribution < -0.4 is 15.0 Å². The average Bonchev–Trinajstić information content (AvgIpc) is 2.96. The van der Waals surface area contributed by atoms with Crippen molar-refractivity contribution in [3.05, 3.63) is 53.5 Å². The molecule has 1 atom stereocenters.